The molecule has 0 amide bonds. The van der Waals surface area contributed by atoms with Crippen LogP contribution in [0.15, 0.2) is 4.52 Å². The van der Waals surface area contributed by atoms with Gasteiger partial charge >= 0.3 is 0 Å². The molecule has 0 bridgehead atoms. The summed E-state index contributed by atoms with van der Waals surface area (Å²) < 4.78 is 5.06. The van der Waals surface area contributed by atoms with Gasteiger partial charge in [0, 0.05) is 6.42 Å². The van der Waals surface area contributed by atoms with Crippen molar-refractivity contribution in [3.8, 4) is 0 Å². The van der Waals surface area contributed by atoms with Gasteiger partial charge in [0.1, 0.15) is 0 Å². The number of aliphatic hydroxyl groups excluding tert-OH is 1. The van der Waals surface area contributed by atoms with E-state index in [1.54, 1.807) is 0 Å². The molecule has 1 aliphatic heterocycles. The van der Waals surface area contributed by atoms with Gasteiger partial charge in [0.15, 0.2) is 5.82 Å². The molecule has 96 valence electrons. The molecule has 5 nitrogen and oxygen atoms in total. The summed E-state index contributed by atoms with van der Waals surface area (Å²) in [5, 5.41) is 12.7. The lowest BCUT2D eigenvalue weighted by Gasteiger charge is -2.30. The molecule has 2 rings (SSSR count). The SMILES string of the molecule is CCN1CCC(Cc2noc(CCO)n2)CC1. The molecule has 17 heavy (non-hydrogen) atoms. The monoisotopic (exact) mass is 239 g/mol. The zero-order valence-electron chi connectivity index (χ0n) is 10.4. The summed E-state index contributed by atoms with van der Waals surface area (Å²) in [7, 11) is 0. The largest absolute Gasteiger partial charge is 0.396 e. The standard InChI is InChI=1S/C12H21N3O2/c1-2-15-6-3-10(4-7-15)9-11-13-12(5-8-16)17-14-11/h10,16H,2-9H2,1H3. The second-order valence-electron chi connectivity index (χ2n) is 4.66. The van der Waals surface area contributed by atoms with Crippen molar-refractivity contribution >= 4 is 0 Å². The number of aromatic nitrogens is 2. The highest BCUT2D eigenvalue weighted by molar-refractivity contribution is 4.89. The minimum absolute atomic E-state index is 0.0660. The Morgan fingerprint density at radius 1 is 1.41 bits per heavy atom. The van der Waals surface area contributed by atoms with Crippen molar-refractivity contribution in [2.24, 2.45) is 5.92 Å². The van der Waals surface area contributed by atoms with Gasteiger partial charge in [0.25, 0.3) is 0 Å². The summed E-state index contributed by atoms with van der Waals surface area (Å²) in [5.74, 6) is 2.02. The molecular formula is C12H21N3O2. The molecule has 1 aromatic rings. The van der Waals surface area contributed by atoms with Crippen LogP contribution in [0.1, 0.15) is 31.5 Å². The summed E-state index contributed by atoms with van der Waals surface area (Å²) in [6.45, 7) is 5.79. The first-order chi connectivity index (χ1) is 8.31. The number of hydrogen-bond acceptors (Lipinski definition) is 5. The molecule has 1 fully saturated rings. The lowest BCUT2D eigenvalue weighted by atomic mass is 9.93. The van der Waals surface area contributed by atoms with Crippen LogP contribution in [-0.2, 0) is 12.8 Å². The van der Waals surface area contributed by atoms with Crippen molar-refractivity contribution in [2.45, 2.75) is 32.6 Å². The first-order valence-corrected chi connectivity index (χ1v) is 6.46. The molecule has 0 aliphatic carbocycles. The quantitative estimate of drug-likeness (QED) is 0.826. The minimum atomic E-state index is 0.0660. The molecule has 1 aromatic heterocycles. The summed E-state index contributed by atoms with van der Waals surface area (Å²) >= 11 is 0. The second kappa shape index (κ2) is 6.12. The van der Waals surface area contributed by atoms with Gasteiger partial charge in [-0.2, -0.15) is 4.98 Å². The third-order valence-corrected chi connectivity index (χ3v) is 3.46. The van der Waals surface area contributed by atoms with E-state index in [0.29, 0.717) is 18.2 Å². The van der Waals surface area contributed by atoms with Gasteiger partial charge in [0.2, 0.25) is 5.89 Å². The maximum Gasteiger partial charge on any atom is 0.228 e. The molecule has 2 heterocycles. The molecule has 5 heteroatoms. The van der Waals surface area contributed by atoms with Gasteiger partial charge < -0.3 is 14.5 Å². The molecule has 0 unspecified atom stereocenters. The highest BCUT2D eigenvalue weighted by Gasteiger charge is 2.20. The van der Waals surface area contributed by atoms with E-state index in [1.165, 1.54) is 25.9 Å². The minimum Gasteiger partial charge on any atom is -0.396 e. The van der Waals surface area contributed by atoms with Crippen LogP contribution in [0.2, 0.25) is 0 Å². The predicted octanol–water partition coefficient (Wildman–Crippen LogP) is 0.879. The number of hydrogen-bond donors (Lipinski definition) is 1. The molecule has 0 aromatic carbocycles. The van der Waals surface area contributed by atoms with Crippen LogP contribution in [0, 0.1) is 5.92 Å². The zero-order valence-corrected chi connectivity index (χ0v) is 10.4. The van der Waals surface area contributed by atoms with Gasteiger partial charge in [0.05, 0.1) is 13.0 Å². The predicted molar refractivity (Wildman–Crippen MR) is 63.6 cm³/mol. The van der Waals surface area contributed by atoms with Gasteiger partial charge in [-0.05, 0) is 38.4 Å². The third-order valence-electron chi connectivity index (χ3n) is 3.46. The lowest BCUT2D eigenvalue weighted by Crippen LogP contribution is -2.34. The molecule has 0 atom stereocenters. The Morgan fingerprint density at radius 2 is 2.18 bits per heavy atom. The number of rotatable bonds is 5. The average Bonchev–Trinajstić information content (AvgIpc) is 2.78. The van der Waals surface area contributed by atoms with Crippen molar-refractivity contribution < 1.29 is 9.63 Å². The normalized spacial score (nSPS) is 18.7. The van der Waals surface area contributed by atoms with Crippen molar-refractivity contribution in [1.29, 1.82) is 0 Å². The maximum absolute atomic E-state index is 8.77. The van der Waals surface area contributed by atoms with Crippen molar-refractivity contribution in [3.63, 3.8) is 0 Å². The van der Waals surface area contributed by atoms with Crippen molar-refractivity contribution in [1.82, 2.24) is 15.0 Å². The molecule has 0 radical (unpaired) electrons. The molecule has 0 spiro atoms. The van der Waals surface area contributed by atoms with Gasteiger partial charge in [-0.25, -0.2) is 0 Å². The Hall–Kier alpha value is -0.940. The second-order valence-corrected chi connectivity index (χ2v) is 4.66. The highest BCUT2D eigenvalue weighted by atomic mass is 16.5. The van der Waals surface area contributed by atoms with E-state index in [9.17, 15) is 0 Å². The summed E-state index contributed by atoms with van der Waals surface area (Å²) in [5.41, 5.74) is 0. The first-order valence-electron chi connectivity index (χ1n) is 6.46. The van der Waals surface area contributed by atoms with E-state index in [0.717, 1.165) is 18.8 Å². The summed E-state index contributed by atoms with van der Waals surface area (Å²) in [6, 6.07) is 0. The molecular weight excluding hydrogens is 218 g/mol. The molecule has 1 saturated heterocycles. The topological polar surface area (TPSA) is 62.4 Å². The Balaban J connectivity index is 1.80. The Bertz CT molecular complexity index is 332. The Morgan fingerprint density at radius 3 is 2.82 bits per heavy atom. The van der Waals surface area contributed by atoms with E-state index in [4.69, 9.17) is 9.63 Å². The van der Waals surface area contributed by atoms with E-state index in [-0.39, 0.29) is 6.61 Å². The van der Waals surface area contributed by atoms with Gasteiger partial charge in [-0.15, -0.1) is 0 Å². The van der Waals surface area contributed by atoms with Crippen LogP contribution in [-0.4, -0.2) is 46.4 Å². The van der Waals surface area contributed by atoms with E-state index < -0.39 is 0 Å². The zero-order chi connectivity index (χ0) is 12.1. The van der Waals surface area contributed by atoms with Crippen LogP contribution in [0.5, 0.6) is 0 Å². The van der Waals surface area contributed by atoms with E-state index >= 15 is 0 Å². The summed E-state index contributed by atoms with van der Waals surface area (Å²) in [4.78, 5) is 6.76. The fraction of sp³-hybridized carbons (Fsp3) is 0.833. The third kappa shape index (κ3) is 3.51. The first kappa shape index (κ1) is 12.5. The van der Waals surface area contributed by atoms with Crippen LogP contribution >= 0.6 is 0 Å². The fourth-order valence-electron chi connectivity index (χ4n) is 2.34. The average molecular weight is 239 g/mol. The van der Waals surface area contributed by atoms with Gasteiger partial charge in [-0.3, -0.25) is 0 Å². The smallest absolute Gasteiger partial charge is 0.228 e. The highest BCUT2D eigenvalue weighted by Crippen LogP contribution is 2.20. The van der Waals surface area contributed by atoms with Crippen LogP contribution in [0.25, 0.3) is 0 Å². The molecule has 1 aliphatic rings. The number of likely N-dealkylation sites (tertiary alicyclic amines) is 1. The fourth-order valence-corrected chi connectivity index (χ4v) is 2.34. The molecule has 1 N–H and O–H groups in total. The van der Waals surface area contributed by atoms with Crippen molar-refractivity contribution in [2.75, 3.05) is 26.2 Å². The Kier molecular flexibility index (Phi) is 4.50. The summed E-state index contributed by atoms with van der Waals surface area (Å²) in [6.07, 6.45) is 3.81. The maximum atomic E-state index is 8.77. The van der Waals surface area contributed by atoms with Crippen molar-refractivity contribution in [3.05, 3.63) is 11.7 Å². The Labute approximate surface area is 102 Å². The lowest BCUT2D eigenvalue weighted by molar-refractivity contribution is 0.190. The van der Waals surface area contributed by atoms with Crippen LogP contribution in [0.4, 0.5) is 0 Å². The number of nitrogens with zero attached hydrogens (tertiary/aromatic N) is 3. The van der Waals surface area contributed by atoms with Crippen LogP contribution in [0.3, 0.4) is 0 Å². The van der Waals surface area contributed by atoms with Gasteiger partial charge in [-0.1, -0.05) is 12.1 Å². The van der Waals surface area contributed by atoms with Crippen LogP contribution < -0.4 is 0 Å². The van der Waals surface area contributed by atoms with E-state index in [1.807, 2.05) is 0 Å². The number of aliphatic hydroxyl groups is 1. The number of piperidine rings is 1. The molecule has 0 saturated carbocycles. The van der Waals surface area contributed by atoms with E-state index in [2.05, 4.69) is 22.0 Å².